The summed E-state index contributed by atoms with van der Waals surface area (Å²) >= 11 is 0. The predicted octanol–water partition coefficient (Wildman–Crippen LogP) is 2.19. The molecular formula is C14H15F3N2O2. The summed E-state index contributed by atoms with van der Waals surface area (Å²) in [6, 6.07) is 3.85. The van der Waals surface area contributed by atoms with Gasteiger partial charge in [-0.3, -0.25) is 14.5 Å². The van der Waals surface area contributed by atoms with Crippen LogP contribution in [0.15, 0.2) is 24.3 Å². The number of hydrogen-bond acceptors (Lipinski definition) is 2. The van der Waals surface area contributed by atoms with Gasteiger partial charge in [0.25, 0.3) is 0 Å². The van der Waals surface area contributed by atoms with E-state index in [1.807, 2.05) is 0 Å². The van der Waals surface area contributed by atoms with E-state index in [2.05, 4.69) is 5.32 Å². The van der Waals surface area contributed by atoms with Crippen molar-refractivity contribution in [2.24, 2.45) is 5.92 Å². The van der Waals surface area contributed by atoms with Crippen LogP contribution in [0.3, 0.4) is 0 Å². The zero-order valence-corrected chi connectivity index (χ0v) is 11.6. The lowest BCUT2D eigenvalue weighted by Crippen LogP contribution is -2.61. The van der Waals surface area contributed by atoms with Crippen LogP contribution in [0.2, 0.25) is 0 Å². The first-order chi connectivity index (χ1) is 9.73. The van der Waals surface area contributed by atoms with Crippen molar-refractivity contribution in [2.75, 3.05) is 11.4 Å². The van der Waals surface area contributed by atoms with Gasteiger partial charge in [-0.05, 0) is 18.1 Å². The lowest BCUT2D eigenvalue weighted by atomic mass is 9.97. The van der Waals surface area contributed by atoms with E-state index in [0.717, 1.165) is 11.0 Å². The summed E-state index contributed by atoms with van der Waals surface area (Å²) < 4.78 is 39.4. The average Bonchev–Trinajstić information content (AvgIpc) is 2.39. The van der Waals surface area contributed by atoms with E-state index in [1.165, 1.54) is 18.2 Å². The number of hydrogen-bond donors (Lipinski definition) is 1. The van der Waals surface area contributed by atoms with Crippen LogP contribution in [0.5, 0.6) is 0 Å². The molecule has 1 atom stereocenters. The fourth-order valence-electron chi connectivity index (χ4n) is 2.43. The highest BCUT2D eigenvalue weighted by atomic mass is 19.4. The van der Waals surface area contributed by atoms with Crippen LogP contribution in [0.1, 0.15) is 19.4 Å². The lowest BCUT2D eigenvalue weighted by molar-refractivity contribution is -0.138. The Morgan fingerprint density at radius 3 is 2.43 bits per heavy atom. The molecule has 1 aromatic rings. The van der Waals surface area contributed by atoms with Crippen molar-refractivity contribution in [3.8, 4) is 0 Å². The highest BCUT2D eigenvalue weighted by Crippen LogP contribution is 2.38. The highest BCUT2D eigenvalue weighted by molar-refractivity contribution is 6.07. The molecule has 4 nitrogen and oxygen atoms in total. The summed E-state index contributed by atoms with van der Waals surface area (Å²) in [5, 5.41) is 2.41. The van der Waals surface area contributed by atoms with E-state index in [0.29, 0.717) is 0 Å². The van der Waals surface area contributed by atoms with Crippen LogP contribution in [0.25, 0.3) is 0 Å². The van der Waals surface area contributed by atoms with E-state index in [-0.39, 0.29) is 18.2 Å². The van der Waals surface area contributed by atoms with Gasteiger partial charge in [-0.2, -0.15) is 13.2 Å². The van der Waals surface area contributed by atoms with Gasteiger partial charge < -0.3 is 5.32 Å². The van der Waals surface area contributed by atoms with Crippen molar-refractivity contribution in [3.63, 3.8) is 0 Å². The Balaban J connectivity index is 2.57. The Kier molecular flexibility index (Phi) is 3.93. The molecule has 7 heteroatoms. The van der Waals surface area contributed by atoms with E-state index in [4.69, 9.17) is 0 Å². The molecule has 0 aromatic heterocycles. The van der Waals surface area contributed by atoms with Gasteiger partial charge in [0.15, 0.2) is 0 Å². The summed E-state index contributed by atoms with van der Waals surface area (Å²) in [6.07, 6.45) is -4.59. The van der Waals surface area contributed by atoms with Gasteiger partial charge in [-0.15, -0.1) is 0 Å². The molecule has 0 aliphatic carbocycles. The van der Waals surface area contributed by atoms with Crippen molar-refractivity contribution in [3.05, 3.63) is 29.8 Å². The molecule has 0 bridgehead atoms. The largest absolute Gasteiger partial charge is 0.418 e. The van der Waals surface area contributed by atoms with E-state index < -0.39 is 29.6 Å². The van der Waals surface area contributed by atoms with Crippen molar-refractivity contribution < 1.29 is 22.8 Å². The SMILES string of the molecule is CC(C)C1C(=O)NCC(=O)N1c1ccccc1C(F)(F)F. The summed E-state index contributed by atoms with van der Waals surface area (Å²) in [5.41, 5.74) is -1.19. The van der Waals surface area contributed by atoms with Gasteiger partial charge in [0.2, 0.25) is 11.8 Å². The number of para-hydroxylation sites is 1. The summed E-state index contributed by atoms with van der Waals surface area (Å²) in [5.74, 6) is -1.30. The minimum atomic E-state index is -4.59. The van der Waals surface area contributed by atoms with Crippen molar-refractivity contribution >= 4 is 17.5 Å². The van der Waals surface area contributed by atoms with Gasteiger partial charge in [0, 0.05) is 0 Å². The molecule has 1 saturated heterocycles. The molecular weight excluding hydrogens is 285 g/mol. The number of halogens is 3. The molecule has 1 fully saturated rings. The Morgan fingerprint density at radius 1 is 1.24 bits per heavy atom. The van der Waals surface area contributed by atoms with E-state index in [1.54, 1.807) is 13.8 Å². The second-order valence-electron chi connectivity index (χ2n) is 5.19. The monoisotopic (exact) mass is 300 g/mol. The Morgan fingerprint density at radius 2 is 1.86 bits per heavy atom. The number of anilines is 1. The third-order valence-electron chi connectivity index (χ3n) is 3.33. The maximum absolute atomic E-state index is 13.1. The van der Waals surface area contributed by atoms with Gasteiger partial charge in [-0.25, -0.2) is 0 Å². The molecule has 1 heterocycles. The van der Waals surface area contributed by atoms with Gasteiger partial charge >= 0.3 is 6.18 Å². The number of alkyl halides is 3. The first-order valence-corrected chi connectivity index (χ1v) is 6.49. The van der Waals surface area contributed by atoms with Gasteiger partial charge in [0.1, 0.15) is 6.04 Å². The van der Waals surface area contributed by atoms with Gasteiger partial charge in [0.05, 0.1) is 17.8 Å². The number of benzene rings is 1. The molecule has 2 rings (SSSR count). The normalized spacial score (nSPS) is 19.9. The average molecular weight is 300 g/mol. The third-order valence-corrected chi connectivity index (χ3v) is 3.33. The standard InChI is InChI=1S/C14H15F3N2O2/c1-8(2)12-13(21)18-7-11(20)19(12)10-6-4-3-5-9(10)14(15,16)17/h3-6,8,12H,7H2,1-2H3,(H,18,21). The second kappa shape index (κ2) is 5.38. The predicted molar refractivity (Wildman–Crippen MR) is 70.6 cm³/mol. The number of nitrogens with one attached hydrogen (secondary N) is 1. The zero-order valence-electron chi connectivity index (χ0n) is 11.6. The van der Waals surface area contributed by atoms with Crippen molar-refractivity contribution in [2.45, 2.75) is 26.1 Å². The lowest BCUT2D eigenvalue weighted by Gasteiger charge is -2.38. The molecule has 1 aromatic carbocycles. The smallest absolute Gasteiger partial charge is 0.345 e. The molecule has 1 aliphatic rings. The van der Waals surface area contributed by atoms with Crippen LogP contribution in [0.4, 0.5) is 18.9 Å². The van der Waals surface area contributed by atoms with Crippen LogP contribution in [-0.4, -0.2) is 24.4 Å². The molecule has 0 radical (unpaired) electrons. The quantitative estimate of drug-likeness (QED) is 0.910. The first-order valence-electron chi connectivity index (χ1n) is 6.49. The van der Waals surface area contributed by atoms with Crippen molar-refractivity contribution in [1.82, 2.24) is 5.32 Å². The number of rotatable bonds is 2. The molecule has 0 spiro atoms. The molecule has 0 saturated carbocycles. The molecule has 21 heavy (non-hydrogen) atoms. The number of amides is 2. The van der Waals surface area contributed by atoms with Crippen molar-refractivity contribution in [1.29, 1.82) is 0 Å². The highest BCUT2D eigenvalue weighted by Gasteiger charge is 2.42. The van der Waals surface area contributed by atoms with Crippen LogP contribution in [0, 0.1) is 5.92 Å². The molecule has 1 N–H and O–H groups in total. The minimum Gasteiger partial charge on any atom is -0.345 e. The zero-order chi connectivity index (χ0) is 15.8. The maximum atomic E-state index is 13.1. The second-order valence-corrected chi connectivity index (χ2v) is 5.19. The minimum absolute atomic E-state index is 0.274. The topological polar surface area (TPSA) is 49.4 Å². The molecule has 1 aliphatic heterocycles. The summed E-state index contributed by atoms with van der Waals surface area (Å²) in [7, 11) is 0. The van der Waals surface area contributed by atoms with E-state index >= 15 is 0 Å². The Hall–Kier alpha value is -2.05. The Labute approximate surface area is 119 Å². The Bertz CT molecular complexity index is 570. The molecule has 114 valence electrons. The summed E-state index contributed by atoms with van der Waals surface area (Å²) in [6.45, 7) is 3.08. The fourth-order valence-corrected chi connectivity index (χ4v) is 2.43. The van der Waals surface area contributed by atoms with Crippen LogP contribution in [-0.2, 0) is 15.8 Å². The van der Waals surface area contributed by atoms with E-state index in [9.17, 15) is 22.8 Å². The summed E-state index contributed by atoms with van der Waals surface area (Å²) in [4.78, 5) is 25.0. The number of carbonyl (C=O) groups excluding carboxylic acids is 2. The number of nitrogens with zero attached hydrogens (tertiary/aromatic N) is 1. The number of carbonyl (C=O) groups is 2. The number of piperazine rings is 1. The van der Waals surface area contributed by atoms with Crippen LogP contribution >= 0.6 is 0 Å². The fraction of sp³-hybridized carbons (Fsp3) is 0.429. The molecule has 2 amide bonds. The van der Waals surface area contributed by atoms with Gasteiger partial charge in [-0.1, -0.05) is 26.0 Å². The molecule has 1 unspecified atom stereocenters. The maximum Gasteiger partial charge on any atom is 0.418 e. The van der Waals surface area contributed by atoms with Crippen LogP contribution < -0.4 is 10.2 Å². The third kappa shape index (κ3) is 2.86. The first kappa shape index (κ1) is 15.3.